The molecule has 0 saturated carbocycles. The van der Waals surface area contributed by atoms with Gasteiger partial charge in [0.15, 0.2) is 0 Å². The molecule has 0 saturated heterocycles. The molecule has 3 aromatic rings. The van der Waals surface area contributed by atoms with E-state index >= 15 is 0 Å². The van der Waals surface area contributed by atoms with Gasteiger partial charge in [-0.1, -0.05) is 18.2 Å². The summed E-state index contributed by atoms with van der Waals surface area (Å²) < 4.78 is 2.42. The molecule has 4 rings (SSSR count). The Bertz CT molecular complexity index is 961. The Kier molecular flexibility index (Phi) is 3.97. The average molecular weight is 331 g/mol. The summed E-state index contributed by atoms with van der Waals surface area (Å²) in [7, 11) is 2.21. The number of nitrogens with zero attached hydrogens (tertiary/aromatic N) is 3. The van der Waals surface area contributed by atoms with Crippen LogP contribution in [-0.2, 0) is 13.0 Å². The predicted molar refractivity (Wildman–Crippen MR) is 106 cm³/mol. The van der Waals surface area contributed by atoms with E-state index in [0.29, 0.717) is 0 Å². The molecule has 2 aromatic heterocycles. The molecule has 0 aliphatic carbocycles. The van der Waals surface area contributed by atoms with Gasteiger partial charge < -0.3 is 9.47 Å². The quantitative estimate of drug-likeness (QED) is 0.681. The number of benzene rings is 1. The zero-order valence-electron chi connectivity index (χ0n) is 15.5. The van der Waals surface area contributed by atoms with Gasteiger partial charge in [0.05, 0.1) is 5.52 Å². The number of fused-ring (bicyclic) bond motifs is 3. The normalized spacial score (nSPS) is 15.6. The molecule has 0 amide bonds. The van der Waals surface area contributed by atoms with Gasteiger partial charge in [0.25, 0.3) is 0 Å². The molecule has 0 spiro atoms. The van der Waals surface area contributed by atoms with E-state index in [-0.39, 0.29) is 0 Å². The van der Waals surface area contributed by atoms with Gasteiger partial charge >= 0.3 is 0 Å². The van der Waals surface area contributed by atoms with Crippen molar-refractivity contribution in [3.63, 3.8) is 0 Å². The van der Waals surface area contributed by atoms with Crippen LogP contribution in [0.5, 0.6) is 0 Å². The largest absolute Gasteiger partial charge is 0.320 e. The molecule has 0 bridgehead atoms. The Hall–Kier alpha value is -2.39. The lowest BCUT2D eigenvalue weighted by molar-refractivity contribution is 0.312. The monoisotopic (exact) mass is 331 g/mol. The van der Waals surface area contributed by atoms with Crippen LogP contribution < -0.4 is 0 Å². The van der Waals surface area contributed by atoms with E-state index < -0.39 is 0 Å². The van der Waals surface area contributed by atoms with Gasteiger partial charge in [-0.3, -0.25) is 4.98 Å². The van der Waals surface area contributed by atoms with Crippen LogP contribution in [0.25, 0.3) is 22.7 Å². The van der Waals surface area contributed by atoms with E-state index in [1.165, 1.54) is 38.9 Å². The van der Waals surface area contributed by atoms with Crippen molar-refractivity contribution in [1.82, 2.24) is 14.5 Å². The minimum atomic E-state index is 1.03. The summed E-state index contributed by atoms with van der Waals surface area (Å²) in [5.74, 6) is 0. The number of aryl methyl sites for hydroxylation is 2. The van der Waals surface area contributed by atoms with Gasteiger partial charge in [0.2, 0.25) is 0 Å². The third-order valence-corrected chi connectivity index (χ3v) is 5.22. The fourth-order valence-electron chi connectivity index (χ4n) is 3.75. The number of likely N-dealkylation sites (N-methyl/N-ethyl adjacent to an activating group) is 1. The first-order chi connectivity index (χ1) is 12.0. The predicted octanol–water partition coefficient (Wildman–Crippen LogP) is 4.66. The Morgan fingerprint density at radius 3 is 2.76 bits per heavy atom. The van der Waals surface area contributed by atoms with Gasteiger partial charge in [-0.15, -0.1) is 0 Å². The van der Waals surface area contributed by atoms with Crippen LogP contribution in [0, 0.1) is 13.8 Å². The smallest absolute Gasteiger partial charge is 0.0531 e. The molecule has 0 atom stereocenters. The topological polar surface area (TPSA) is 21.1 Å². The summed E-state index contributed by atoms with van der Waals surface area (Å²) in [4.78, 5) is 6.86. The van der Waals surface area contributed by atoms with E-state index in [0.717, 1.165) is 25.2 Å². The van der Waals surface area contributed by atoms with Crippen molar-refractivity contribution in [1.29, 1.82) is 0 Å². The summed E-state index contributed by atoms with van der Waals surface area (Å²) in [6.07, 6.45) is 5.35. The minimum Gasteiger partial charge on any atom is -0.320 e. The fourth-order valence-corrected chi connectivity index (χ4v) is 3.75. The molecule has 1 aromatic carbocycles. The maximum absolute atomic E-state index is 4.45. The van der Waals surface area contributed by atoms with Crippen molar-refractivity contribution in [3.05, 3.63) is 64.6 Å². The van der Waals surface area contributed by atoms with Crippen LogP contribution in [0.3, 0.4) is 0 Å². The molecule has 3 heteroatoms. The van der Waals surface area contributed by atoms with Crippen molar-refractivity contribution >= 4 is 22.7 Å². The molecule has 1 aliphatic rings. The standard InChI is InChI=1S/C22H25N3/c1-15-5-8-19-20-14-24(4)10-9-21(20)25(22(19)11-15)13-16(2)18-7-6-17(3)23-12-18/h5-8,11-13H,9-10,14H2,1-4H3/b16-13+. The van der Waals surface area contributed by atoms with Gasteiger partial charge in [0, 0.05) is 48.7 Å². The zero-order valence-corrected chi connectivity index (χ0v) is 15.5. The van der Waals surface area contributed by atoms with Crippen molar-refractivity contribution in [2.24, 2.45) is 0 Å². The Morgan fingerprint density at radius 2 is 2.00 bits per heavy atom. The number of pyridine rings is 1. The molecule has 1 aliphatic heterocycles. The van der Waals surface area contributed by atoms with Crippen molar-refractivity contribution in [3.8, 4) is 0 Å². The molecule has 0 N–H and O–H groups in total. The molecular formula is C22H25N3. The number of allylic oxidation sites excluding steroid dienone is 1. The number of aromatic nitrogens is 2. The minimum absolute atomic E-state index is 1.03. The van der Waals surface area contributed by atoms with Crippen molar-refractivity contribution < 1.29 is 0 Å². The van der Waals surface area contributed by atoms with Crippen LogP contribution in [0.15, 0.2) is 36.5 Å². The highest BCUT2D eigenvalue weighted by Crippen LogP contribution is 2.32. The number of hydrogen-bond donors (Lipinski definition) is 0. The van der Waals surface area contributed by atoms with E-state index in [1.807, 2.05) is 13.1 Å². The first-order valence-corrected chi connectivity index (χ1v) is 8.95. The second-order valence-electron chi connectivity index (χ2n) is 7.30. The number of rotatable bonds is 2. The van der Waals surface area contributed by atoms with Crippen LogP contribution >= 0.6 is 0 Å². The third-order valence-electron chi connectivity index (χ3n) is 5.22. The summed E-state index contributed by atoms with van der Waals surface area (Å²) in [5.41, 5.74) is 9.04. The van der Waals surface area contributed by atoms with Crippen molar-refractivity contribution in [2.45, 2.75) is 33.7 Å². The number of hydrogen-bond acceptors (Lipinski definition) is 2. The SMILES string of the molecule is C/C(=C\n1c2c(c3ccc(C)cc31)CN(C)CC2)c1ccc(C)nc1. The lowest BCUT2D eigenvalue weighted by atomic mass is 10.0. The fraction of sp³-hybridized carbons (Fsp3) is 0.318. The zero-order chi connectivity index (χ0) is 17.6. The maximum Gasteiger partial charge on any atom is 0.0531 e. The summed E-state index contributed by atoms with van der Waals surface area (Å²) in [5, 5.41) is 1.39. The molecule has 0 radical (unpaired) electrons. The lowest BCUT2D eigenvalue weighted by Gasteiger charge is -2.23. The second-order valence-corrected chi connectivity index (χ2v) is 7.30. The highest BCUT2D eigenvalue weighted by Gasteiger charge is 2.21. The van der Waals surface area contributed by atoms with Gasteiger partial charge in [0.1, 0.15) is 0 Å². The molecule has 3 heterocycles. The van der Waals surface area contributed by atoms with Gasteiger partial charge in [-0.25, -0.2) is 0 Å². The van der Waals surface area contributed by atoms with Crippen LogP contribution in [0.4, 0.5) is 0 Å². The van der Waals surface area contributed by atoms with Crippen LogP contribution in [0.1, 0.15) is 35.0 Å². The van der Waals surface area contributed by atoms with E-state index in [2.05, 4.69) is 71.9 Å². The third kappa shape index (κ3) is 2.89. The van der Waals surface area contributed by atoms with Gasteiger partial charge in [-0.05, 0) is 62.2 Å². The first kappa shape index (κ1) is 16.1. The lowest BCUT2D eigenvalue weighted by Crippen LogP contribution is -2.26. The highest BCUT2D eigenvalue weighted by molar-refractivity contribution is 5.90. The van der Waals surface area contributed by atoms with Crippen LogP contribution in [-0.4, -0.2) is 28.0 Å². The summed E-state index contributed by atoms with van der Waals surface area (Å²) >= 11 is 0. The Morgan fingerprint density at radius 1 is 1.16 bits per heavy atom. The molecule has 0 fully saturated rings. The molecule has 3 nitrogen and oxygen atoms in total. The molecule has 0 unspecified atom stereocenters. The maximum atomic E-state index is 4.45. The van der Waals surface area contributed by atoms with E-state index in [1.54, 1.807) is 0 Å². The Balaban J connectivity index is 1.90. The Labute approximate surface area is 149 Å². The van der Waals surface area contributed by atoms with E-state index in [4.69, 9.17) is 0 Å². The van der Waals surface area contributed by atoms with Crippen molar-refractivity contribution in [2.75, 3.05) is 13.6 Å². The molecule has 25 heavy (non-hydrogen) atoms. The first-order valence-electron chi connectivity index (χ1n) is 8.95. The van der Waals surface area contributed by atoms with Crippen LogP contribution in [0.2, 0.25) is 0 Å². The van der Waals surface area contributed by atoms with Gasteiger partial charge in [-0.2, -0.15) is 0 Å². The molecule has 128 valence electrons. The summed E-state index contributed by atoms with van der Waals surface area (Å²) in [6.45, 7) is 8.51. The molecular weight excluding hydrogens is 306 g/mol. The second kappa shape index (κ2) is 6.16. The average Bonchev–Trinajstić information content (AvgIpc) is 2.88. The van der Waals surface area contributed by atoms with E-state index in [9.17, 15) is 0 Å². The summed E-state index contributed by atoms with van der Waals surface area (Å²) in [6, 6.07) is 11.1. The highest BCUT2D eigenvalue weighted by atomic mass is 15.1.